The second-order valence-electron chi connectivity index (χ2n) is 20.9. The van der Waals surface area contributed by atoms with Gasteiger partial charge in [-0.15, -0.1) is 0 Å². The maximum Gasteiger partial charge on any atom is 0.311 e. The number of aliphatic hydroxyl groups is 4. The second-order valence-corrected chi connectivity index (χ2v) is 20.9. The molecule has 0 saturated carbocycles. The molecule has 4 aliphatic heterocycles. The zero-order chi connectivity index (χ0) is 51.3. The van der Waals surface area contributed by atoms with Gasteiger partial charge in [0.25, 0.3) is 5.91 Å². The highest BCUT2D eigenvalue weighted by atomic mass is 16.7. The van der Waals surface area contributed by atoms with Gasteiger partial charge in [-0.1, -0.05) is 20.8 Å². The number of likely N-dealkylation sites (N-methyl/N-ethyl adjacent to an activating group) is 1. The summed E-state index contributed by atoms with van der Waals surface area (Å²) in [6, 6.07) is 2.23. The number of cyclic esters (lactones) is 1. The number of nitrogens with zero attached hydrogens (tertiary/aromatic N) is 3. The monoisotopic (exact) mass is 983 g/mol. The van der Waals surface area contributed by atoms with Gasteiger partial charge >= 0.3 is 11.9 Å². The summed E-state index contributed by atoms with van der Waals surface area (Å²) in [5.74, 6) is -4.99. The molecule has 394 valence electrons. The van der Waals surface area contributed by atoms with Crippen LogP contribution in [0.2, 0.25) is 0 Å². The molecule has 4 fully saturated rings. The fourth-order valence-electron chi connectivity index (χ4n) is 10.7. The first-order valence-electron chi connectivity index (χ1n) is 24.6. The zero-order valence-corrected chi connectivity index (χ0v) is 43.0. The smallest absolute Gasteiger partial charge is 0.311 e. The normalized spacial score (nSPS) is 41.4. The SMILES string of the molecule is CC[C@H]1OC(=O)[C@H](C)[C@@H](O[C@H]2C[C@@](C)(OC)[C@@H](OC(=O)CCN3CCN(C(=O)c4ccco4)CC3)[C@H](C)O2)[C@H](C)[C@@H](O[C@@H]2O[C@H](C)C[C@H](N(C)C)[C@H]2O)[C@](C)(O)C[C@@H](C)NC(=O)[C@H](C)[C@@H](O)[C@]1(C)O. The summed E-state index contributed by atoms with van der Waals surface area (Å²) in [4.78, 5) is 60.0. The van der Waals surface area contributed by atoms with E-state index in [1.165, 1.54) is 34.1 Å². The van der Waals surface area contributed by atoms with Gasteiger partial charge < -0.3 is 73.1 Å². The topological polar surface area (TPSA) is 249 Å². The maximum atomic E-state index is 14.5. The quantitative estimate of drug-likeness (QED) is 0.188. The van der Waals surface area contributed by atoms with Crippen LogP contribution >= 0.6 is 0 Å². The number of rotatable bonds is 12. The minimum absolute atomic E-state index is 0.0241. The van der Waals surface area contributed by atoms with Gasteiger partial charge in [0.1, 0.15) is 23.4 Å². The summed E-state index contributed by atoms with van der Waals surface area (Å²) < 4.78 is 49.7. The number of carbonyl (C=O) groups excluding carboxylic acids is 4. The van der Waals surface area contributed by atoms with E-state index in [4.69, 9.17) is 37.6 Å². The van der Waals surface area contributed by atoms with Gasteiger partial charge in [0.15, 0.2) is 24.4 Å². The van der Waals surface area contributed by atoms with E-state index in [-0.39, 0.29) is 49.5 Å². The highest BCUT2D eigenvalue weighted by Gasteiger charge is 2.54. The van der Waals surface area contributed by atoms with Crippen LogP contribution in [0.3, 0.4) is 0 Å². The number of methoxy groups -OCH3 is 1. The number of hydrogen-bond donors (Lipinski definition) is 5. The molecule has 20 heteroatoms. The molecule has 1 aromatic rings. The molecule has 1 aromatic heterocycles. The average Bonchev–Trinajstić information content (AvgIpc) is 3.84. The molecule has 4 saturated heterocycles. The number of furan rings is 1. The summed E-state index contributed by atoms with van der Waals surface area (Å²) in [5, 5.41) is 50.3. The van der Waals surface area contributed by atoms with Crippen LogP contribution in [-0.4, -0.2) is 203 Å². The first-order valence-corrected chi connectivity index (χ1v) is 24.6. The van der Waals surface area contributed by atoms with E-state index in [1.807, 2.05) is 25.9 Å². The van der Waals surface area contributed by atoms with E-state index in [1.54, 1.807) is 58.6 Å². The number of ether oxygens (including phenoxy) is 7. The Bertz CT molecular complexity index is 1840. The zero-order valence-electron chi connectivity index (χ0n) is 43.0. The molecule has 0 unspecified atom stereocenters. The van der Waals surface area contributed by atoms with E-state index in [9.17, 15) is 39.6 Å². The number of carbonyl (C=O) groups is 4. The van der Waals surface area contributed by atoms with Gasteiger partial charge in [-0.3, -0.25) is 24.1 Å². The van der Waals surface area contributed by atoms with E-state index in [2.05, 4.69) is 10.2 Å². The molecule has 0 aliphatic carbocycles. The largest absolute Gasteiger partial charge is 0.459 e. The summed E-state index contributed by atoms with van der Waals surface area (Å²) in [7, 11) is 5.18. The average molecular weight is 983 g/mol. The summed E-state index contributed by atoms with van der Waals surface area (Å²) in [5.41, 5.74) is -5.03. The lowest BCUT2D eigenvalue weighted by Gasteiger charge is -2.49. The number of aliphatic hydroxyl groups excluding tert-OH is 2. The maximum absolute atomic E-state index is 14.5. The molecule has 20 nitrogen and oxygen atoms in total. The van der Waals surface area contributed by atoms with E-state index in [0.29, 0.717) is 39.1 Å². The third-order valence-corrected chi connectivity index (χ3v) is 14.9. The highest BCUT2D eigenvalue weighted by molar-refractivity contribution is 5.91. The van der Waals surface area contributed by atoms with Gasteiger partial charge in [-0.05, 0) is 94.0 Å². The third-order valence-electron chi connectivity index (χ3n) is 14.9. The first kappa shape index (κ1) is 56.6. The number of esters is 2. The molecule has 5 rings (SSSR count). The van der Waals surface area contributed by atoms with Crippen LogP contribution in [0, 0.1) is 17.8 Å². The Labute approximate surface area is 407 Å². The van der Waals surface area contributed by atoms with Crippen molar-refractivity contribution in [3.63, 3.8) is 0 Å². The number of nitrogens with one attached hydrogen (secondary N) is 1. The molecule has 2 amide bonds. The van der Waals surface area contributed by atoms with E-state index >= 15 is 0 Å². The Morgan fingerprint density at radius 3 is 2.19 bits per heavy atom. The van der Waals surface area contributed by atoms with Crippen LogP contribution in [0.1, 0.15) is 112 Å². The summed E-state index contributed by atoms with van der Waals surface area (Å²) >= 11 is 0. The summed E-state index contributed by atoms with van der Waals surface area (Å²) in [6.45, 7) is 18.9. The third kappa shape index (κ3) is 13.4. The molecule has 0 spiro atoms. The molecule has 5 heterocycles. The molecule has 69 heavy (non-hydrogen) atoms. The number of piperazine rings is 1. The Kier molecular flexibility index (Phi) is 19.3. The molecular weight excluding hydrogens is 901 g/mol. The standard InChI is InChI=1S/C49H82N4O16/c1-14-35-49(10,61)40(56)31(6)43(57)50-27(2)25-47(8,60)41(69-46-38(55)33(51(11)12)24-28(3)64-46)29(4)39(30(5)45(59)66-35)68-37-26-48(9,62-13)42(32(7)65-37)67-36(54)17-18-52-19-21-53(22-20-52)44(58)34-16-15-23-63-34/h15-16,23,27-33,35,37-42,46,55-56,60-61H,14,17-22,24-26H2,1-13H3,(H,50,57)/t27-,28-,29+,30-,31-,32+,33+,35-,37+,38-,39+,40-,41-,42+,46+,47-,48-,49-/m1/s1. The van der Waals surface area contributed by atoms with Crippen molar-refractivity contribution in [1.29, 1.82) is 0 Å². The van der Waals surface area contributed by atoms with Crippen LogP contribution in [0.4, 0.5) is 0 Å². The number of hydrogen-bond acceptors (Lipinski definition) is 18. The Hall–Kier alpha value is -3.28. The van der Waals surface area contributed by atoms with Crippen molar-refractivity contribution in [3.8, 4) is 0 Å². The predicted molar refractivity (Wildman–Crippen MR) is 249 cm³/mol. The molecule has 5 N–H and O–H groups in total. The lowest BCUT2D eigenvalue weighted by Crippen LogP contribution is -2.61. The van der Waals surface area contributed by atoms with E-state index < -0.39 is 114 Å². The molecule has 0 aromatic carbocycles. The molecule has 0 radical (unpaired) electrons. The Balaban J connectivity index is 1.41. The van der Waals surface area contributed by atoms with Crippen molar-refractivity contribution in [3.05, 3.63) is 24.2 Å². The minimum atomic E-state index is -2.07. The van der Waals surface area contributed by atoms with Crippen LogP contribution < -0.4 is 5.32 Å². The van der Waals surface area contributed by atoms with Crippen molar-refractivity contribution >= 4 is 23.8 Å². The Morgan fingerprint density at radius 1 is 0.928 bits per heavy atom. The molecule has 4 aliphatic rings. The van der Waals surface area contributed by atoms with Gasteiger partial charge in [-0.2, -0.15) is 0 Å². The highest BCUT2D eigenvalue weighted by Crippen LogP contribution is 2.40. The summed E-state index contributed by atoms with van der Waals surface area (Å²) in [6.07, 6.45) is -8.76. The lowest BCUT2D eigenvalue weighted by molar-refractivity contribution is -0.318. The molecule has 18 atom stereocenters. The van der Waals surface area contributed by atoms with Crippen LogP contribution in [-0.2, 0) is 47.5 Å². The van der Waals surface area contributed by atoms with Gasteiger partial charge in [0, 0.05) is 64.3 Å². The van der Waals surface area contributed by atoms with Crippen molar-refractivity contribution in [2.45, 2.75) is 192 Å². The first-order chi connectivity index (χ1) is 32.2. The van der Waals surface area contributed by atoms with Crippen molar-refractivity contribution in [1.82, 2.24) is 20.0 Å². The van der Waals surface area contributed by atoms with Crippen molar-refractivity contribution in [2.75, 3.05) is 53.9 Å². The fraction of sp³-hybridized carbons (Fsp3) is 0.837. The van der Waals surface area contributed by atoms with Crippen LogP contribution in [0.5, 0.6) is 0 Å². The fourth-order valence-corrected chi connectivity index (χ4v) is 10.7. The molecule has 0 bridgehead atoms. The second kappa shape index (κ2) is 23.5. The van der Waals surface area contributed by atoms with Gasteiger partial charge in [0.05, 0.1) is 60.6 Å². The minimum Gasteiger partial charge on any atom is -0.459 e. The molecular formula is C49H82N4O16. The van der Waals surface area contributed by atoms with Crippen molar-refractivity contribution in [2.24, 2.45) is 17.8 Å². The van der Waals surface area contributed by atoms with Crippen LogP contribution in [0.25, 0.3) is 0 Å². The number of amides is 2. The lowest BCUT2D eigenvalue weighted by atomic mass is 9.78. The van der Waals surface area contributed by atoms with E-state index in [0.717, 1.165) is 0 Å². The van der Waals surface area contributed by atoms with Crippen LogP contribution in [0.15, 0.2) is 22.8 Å². The van der Waals surface area contributed by atoms with Gasteiger partial charge in [0.2, 0.25) is 5.91 Å². The van der Waals surface area contributed by atoms with Gasteiger partial charge in [-0.25, -0.2) is 0 Å². The van der Waals surface area contributed by atoms with Crippen molar-refractivity contribution < 1.29 is 77.2 Å². The Morgan fingerprint density at radius 2 is 1.59 bits per heavy atom. The predicted octanol–water partition coefficient (Wildman–Crippen LogP) is 2.08.